The normalized spacial score (nSPS) is 38.6. The Balaban J connectivity index is 1.19. The van der Waals surface area contributed by atoms with E-state index in [1.807, 2.05) is 6.08 Å². The molecule has 0 aromatic rings. The van der Waals surface area contributed by atoms with E-state index in [4.69, 9.17) is 23.7 Å². The molecule has 46 heavy (non-hydrogen) atoms. The number of rotatable bonds is 11. The first-order valence-electron chi connectivity index (χ1n) is 17.7. The van der Waals surface area contributed by atoms with Crippen LogP contribution in [0.3, 0.4) is 0 Å². The first-order valence-corrected chi connectivity index (χ1v) is 17.7. The lowest BCUT2D eigenvalue weighted by atomic mass is 9.47. The second-order valence-corrected chi connectivity index (χ2v) is 15.0. The number of hydrogen-bond donors (Lipinski definition) is 0. The lowest BCUT2D eigenvalue weighted by Gasteiger charge is -2.58. The van der Waals surface area contributed by atoms with Gasteiger partial charge in [0.15, 0.2) is 6.29 Å². The monoisotopic (exact) mass is 640 g/mol. The number of fused-ring (bicyclic) bond motifs is 5. The molecule has 1 aliphatic heterocycles. The predicted molar refractivity (Wildman–Crippen MR) is 174 cm³/mol. The Morgan fingerprint density at radius 1 is 0.978 bits per heavy atom. The second-order valence-electron chi connectivity index (χ2n) is 15.0. The summed E-state index contributed by atoms with van der Waals surface area (Å²) in [6, 6.07) is 0. The van der Waals surface area contributed by atoms with Gasteiger partial charge in [-0.05, 0) is 124 Å². The summed E-state index contributed by atoms with van der Waals surface area (Å²) >= 11 is 0. The van der Waals surface area contributed by atoms with E-state index in [1.165, 1.54) is 53.1 Å². The van der Waals surface area contributed by atoms with Crippen LogP contribution in [0.2, 0.25) is 0 Å². The van der Waals surface area contributed by atoms with Crippen LogP contribution < -0.4 is 0 Å². The second kappa shape index (κ2) is 14.8. The van der Waals surface area contributed by atoms with Crippen molar-refractivity contribution in [3.05, 3.63) is 35.5 Å². The molecule has 0 amide bonds. The number of allylic oxidation sites excluding steroid dienone is 3. The first kappa shape index (κ1) is 34.9. The minimum absolute atomic E-state index is 0.00173. The van der Waals surface area contributed by atoms with Crippen LogP contribution in [0.25, 0.3) is 0 Å². The Hall–Kier alpha value is -2.45. The highest BCUT2D eigenvalue weighted by atomic mass is 16.7. The van der Waals surface area contributed by atoms with E-state index in [-0.39, 0.29) is 24.1 Å². The van der Waals surface area contributed by atoms with Crippen molar-refractivity contribution in [2.24, 2.45) is 34.5 Å². The number of unbranched alkanes of at least 4 members (excludes halogenated alkanes) is 2. The number of ether oxygens (including phenoxy) is 5. The Kier molecular flexibility index (Phi) is 11.2. The summed E-state index contributed by atoms with van der Waals surface area (Å²) in [6.07, 6.45) is 19.8. The van der Waals surface area contributed by atoms with Crippen LogP contribution in [0.1, 0.15) is 112 Å². The Bertz CT molecular complexity index is 1220. The fourth-order valence-corrected chi connectivity index (χ4v) is 10.0. The molecule has 3 saturated carbocycles. The van der Waals surface area contributed by atoms with Crippen LogP contribution in [0.15, 0.2) is 35.5 Å². The van der Waals surface area contributed by atoms with Crippen LogP contribution in [0, 0.1) is 34.5 Å². The Morgan fingerprint density at radius 2 is 1.78 bits per heavy atom. The minimum atomic E-state index is -0.617. The van der Waals surface area contributed by atoms with Crippen LogP contribution in [-0.4, -0.2) is 56.2 Å². The van der Waals surface area contributed by atoms with Gasteiger partial charge in [-0.3, -0.25) is 14.4 Å². The quantitative estimate of drug-likeness (QED) is 0.0997. The summed E-state index contributed by atoms with van der Waals surface area (Å²) in [6.45, 7) is 10.2. The number of methoxy groups -OCH3 is 1. The van der Waals surface area contributed by atoms with Crippen molar-refractivity contribution in [3.63, 3.8) is 0 Å². The highest BCUT2D eigenvalue weighted by molar-refractivity contribution is 5.69. The maximum atomic E-state index is 11.6. The van der Waals surface area contributed by atoms with Crippen LogP contribution in [0.4, 0.5) is 0 Å². The van der Waals surface area contributed by atoms with Gasteiger partial charge in [-0.15, -0.1) is 0 Å². The van der Waals surface area contributed by atoms with Crippen molar-refractivity contribution in [1.82, 2.24) is 0 Å². The van der Waals surface area contributed by atoms with Gasteiger partial charge in [0, 0.05) is 20.3 Å². The average molecular weight is 641 g/mol. The van der Waals surface area contributed by atoms with Gasteiger partial charge in [-0.25, -0.2) is 0 Å². The molecule has 10 atom stereocenters. The SMILES string of the molecule is COC(=O)CCCC/C=C(\C)[C@H]1CC[C@H]2[C@@H]3CC=C4C[C@@H](OC5C=C[C@H](OC(C)=O)[C@@H](COC(C)=O)O5)CC[C@]4(C)[C@H]3CC[C@]12C. The third-order valence-corrected chi connectivity index (χ3v) is 12.4. The molecule has 5 rings (SSSR count). The van der Waals surface area contributed by atoms with Crippen molar-refractivity contribution in [2.75, 3.05) is 13.7 Å². The predicted octanol–water partition coefficient (Wildman–Crippen LogP) is 7.41. The maximum Gasteiger partial charge on any atom is 0.305 e. The van der Waals surface area contributed by atoms with E-state index in [9.17, 15) is 14.4 Å². The van der Waals surface area contributed by atoms with E-state index in [2.05, 4.69) is 32.9 Å². The lowest BCUT2D eigenvalue weighted by molar-refractivity contribution is -0.213. The molecular weight excluding hydrogens is 584 g/mol. The number of hydrogen-bond acceptors (Lipinski definition) is 8. The van der Waals surface area contributed by atoms with E-state index in [0.29, 0.717) is 17.8 Å². The van der Waals surface area contributed by atoms with Gasteiger partial charge in [-0.1, -0.05) is 37.1 Å². The van der Waals surface area contributed by atoms with E-state index < -0.39 is 30.4 Å². The molecule has 8 nitrogen and oxygen atoms in total. The molecular formula is C38H56O8. The molecule has 0 N–H and O–H groups in total. The maximum absolute atomic E-state index is 11.6. The molecule has 4 aliphatic carbocycles. The average Bonchev–Trinajstić information content (AvgIpc) is 3.38. The number of carbonyl (C=O) groups is 3. The van der Waals surface area contributed by atoms with E-state index >= 15 is 0 Å². The van der Waals surface area contributed by atoms with Crippen LogP contribution in [-0.2, 0) is 38.1 Å². The minimum Gasteiger partial charge on any atom is -0.469 e. The van der Waals surface area contributed by atoms with Crippen molar-refractivity contribution in [2.45, 2.75) is 136 Å². The third kappa shape index (κ3) is 7.48. The van der Waals surface area contributed by atoms with Crippen LogP contribution >= 0.6 is 0 Å². The van der Waals surface area contributed by atoms with Crippen molar-refractivity contribution in [3.8, 4) is 0 Å². The standard InChI is InChI=1S/C38H56O8/c1-24(10-8-7-9-11-35(41)42-6)30-14-15-31-29-13-12-27-22-28(18-20-37(27,4)32(29)19-21-38(30,31)5)45-36-17-16-33(44-26(3)40)34(46-36)23-43-25(2)39/h10,12,16-17,28-34,36H,7-9,11,13-15,18-23H2,1-6H3/b24-10+/t28-,29-,30+,31-,32-,33-,34+,36?,37-,38+/m0/s1. The zero-order valence-corrected chi connectivity index (χ0v) is 28.9. The van der Waals surface area contributed by atoms with Gasteiger partial charge in [0.2, 0.25) is 0 Å². The van der Waals surface area contributed by atoms with Crippen molar-refractivity contribution in [1.29, 1.82) is 0 Å². The van der Waals surface area contributed by atoms with Crippen LogP contribution in [0.5, 0.6) is 0 Å². The molecule has 5 aliphatic rings. The van der Waals surface area contributed by atoms with Gasteiger partial charge in [0.25, 0.3) is 0 Å². The molecule has 1 unspecified atom stereocenters. The lowest BCUT2D eigenvalue weighted by Crippen LogP contribution is -2.51. The summed E-state index contributed by atoms with van der Waals surface area (Å²) in [4.78, 5) is 34.5. The largest absolute Gasteiger partial charge is 0.469 e. The first-order chi connectivity index (χ1) is 21.9. The molecule has 0 aromatic carbocycles. The molecule has 3 fully saturated rings. The molecule has 1 heterocycles. The smallest absolute Gasteiger partial charge is 0.305 e. The number of esters is 3. The molecule has 0 bridgehead atoms. The van der Waals surface area contributed by atoms with Gasteiger partial charge >= 0.3 is 17.9 Å². The third-order valence-electron chi connectivity index (χ3n) is 12.4. The van der Waals surface area contributed by atoms with Gasteiger partial charge < -0.3 is 23.7 Å². The molecule has 0 radical (unpaired) electrons. The fraction of sp³-hybridized carbons (Fsp3) is 0.763. The Morgan fingerprint density at radius 3 is 2.52 bits per heavy atom. The van der Waals surface area contributed by atoms with Gasteiger partial charge in [-0.2, -0.15) is 0 Å². The summed E-state index contributed by atoms with van der Waals surface area (Å²) in [5, 5.41) is 0. The highest BCUT2D eigenvalue weighted by Gasteiger charge is 2.58. The van der Waals surface area contributed by atoms with Crippen molar-refractivity contribution >= 4 is 17.9 Å². The Labute approximate surface area is 275 Å². The molecule has 0 aromatic heterocycles. The summed E-state index contributed by atoms with van der Waals surface area (Å²) in [5.41, 5.74) is 3.70. The zero-order chi connectivity index (χ0) is 33.1. The summed E-state index contributed by atoms with van der Waals surface area (Å²) in [7, 11) is 1.46. The fourth-order valence-electron chi connectivity index (χ4n) is 10.0. The highest BCUT2D eigenvalue weighted by Crippen LogP contribution is 2.67. The molecule has 0 saturated heterocycles. The van der Waals surface area contributed by atoms with E-state index in [1.54, 1.807) is 17.2 Å². The summed E-state index contributed by atoms with van der Waals surface area (Å²) in [5.74, 6) is 1.96. The van der Waals surface area contributed by atoms with Gasteiger partial charge in [0.05, 0.1) is 13.2 Å². The van der Waals surface area contributed by atoms with Gasteiger partial charge in [0.1, 0.15) is 18.8 Å². The number of carbonyl (C=O) groups excluding carboxylic acids is 3. The molecule has 256 valence electrons. The summed E-state index contributed by atoms with van der Waals surface area (Å²) < 4.78 is 28.0. The zero-order valence-electron chi connectivity index (χ0n) is 28.9. The van der Waals surface area contributed by atoms with Crippen molar-refractivity contribution < 1.29 is 38.1 Å². The topological polar surface area (TPSA) is 97.4 Å². The molecule has 8 heteroatoms. The van der Waals surface area contributed by atoms with E-state index in [0.717, 1.165) is 56.3 Å². The molecule has 0 spiro atoms.